The molecule has 0 aromatic heterocycles. The minimum absolute atomic E-state index is 0.650. The summed E-state index contributed by atoms with van der Waals surface area (Å²) in [4.78, 5) is 0. The predicted molar refractivity (Wildman–Crippen MR) is 82.5 cm³/mol. The second kappa shape index (κ2) is 10.7. The zero-order valence-corrected chi connectivity index (χ0v) is 14.2. The Bertz CT molecular complexity index is 224. The van der Waals surface area contributed by atoms with E-state index in [2.05, 4.69) is 15.8 Å². The number of nitrogens with one attached hydrogen (secondary N) is 2. The van der Waals surface area contributed by atoms with E-state index < -0.39 is 8.80 Å². The number of piperazine rings is 1. The third-order valence-electron chi connectivity index (χ3n) is 3.20. The van der Waals surface area contributed by atoms with Gasteiger partial charge < -0.3 is 18.6 Å². The minimum atomic E-state index is -2.45. The average molecular weight is 305 g/mol. The van der Waals surface area contributed by atoms with E-state index in [9.17, 15) is 0 Å². The molecule has 0 atom stereocenters. The molecule has 1 rings (SSSR count). The molecular weight excluding hydrogens is 274 g/mol. The molecule has 7 heteroatoms. The summed E-state index contributed by atoms with van der Waals surface area (Å²) in [5.74, 6) is 0. The second-order valence-corrected chi connectivity index (χ2v) is 7.46. The normalized spacial score (nSPS) is 17.6. The molecule has 1 saturated heterocycles. The van der Waals surface area contributed by atoms with E-state index in [1.54, 1.807) is 0 Å². The van der Waals surface area contributed by atoms with Gasteiger partial charge in [0.05, 0.1) is 0 Å². The van der Waals surface area contributed by atoms with Gasteiger partial charge >= 0.3 is 8.80 Å². The molecule has 1 fully saturated rings. The third-order valence-corrected chi connectivity index (χ3v) is 6.36. The van der Waals surface area contributed by atoms with Gasteiger partial charge in [-0.3, -0.25) is 5.43 Å². The van der Waals surface area contributed by atoms with Crippen LogP contribution in [0.3, 0.4) is 0 Å². The molecule has 0 saturated carbocycles. The van der Waals surface area contributed by atoms with Gasteiger partial charge in [0, 0.05) is 58.6 Å². The van der Waals surface area contributed by atoms with Crippen LogP contribution in [0.25, 0.3) is 0 Å². The molecule has 0 aromatic rings. The highest BCUT2D eigenvalue weighted by molar-refractivity contribution is 6.60. The fourth-order valence-corrected chi connectivity index (χ4v) is 4.98. The van der Waals surface area contributed by atoms with Crippen LogP contribution in [0.2, 0.25) is 6.04 Å². The van der Waals surface area contributed by atoms with E-state index in [-0.39, 0.29) is 0 Å². The van der Waals surface area contributed by atoms with Gasteiger partial charge in [0.1, 0.15) is 0 Å². The van der Waals surface area contributed by atoms with Crippen molar-refractivity contribution >= 4 is 8.80 Å². The molecule has 0 radical (unpaired) electrons. The van der Waals surface area contributed by atoms with Crippen LogP contribution in [0, 0.1) is 0 Å². The van der Waals surface area contributed by atoms with Crippen molar-refractivity contribution in [1.82, 2.24) is 15.8 Å². The summed E-state index contributed by atoms with van der Waals surface area (Å²) in [5.41, 5.74) is 3.47. The van der Waals surface area contributed by atoms with Gasteiger partial charge in [0.25, 0.3) is 0 Å². The van der Waals surface area contributed by atoms with Gasteiger partial charge in [-0.25, -0.2) is 5.01 Å². The summed E-state index contributed by atoms with van der Waals surface area (Å²) in [6.45, 7) is 13.1. The summed E-state index contributed by atoms with van der Waals surface area (Å²) in [5, 5.41) is 5.62. The van der Waals surface area contributed by atoms with Crippen molar-refractivity contribution < 1.29 is 13.3 Å². The Morgan fingerprint density at radius 1 is 1.00 bits per heavy atom. The van der Waals surface area contributed by atoms with Gasteiger partial charge in [-0.05, 0) is 27.2 Å². The minimum Gasteiger partial charge on any atom is -0.374 e. The lowest BCUT2D eigenvalue weighted by Gasteiger charge is -2.30. The fraction of sp³-hybridized carbons (Fsp3) is 1.00. The molecule has 2 N–H and O–H groups in total. The zero-order chi connectivity index (χ0) is 14.7. The standard InChI is InChI=1S/C13H31N3O3Si/c1-4-17-20(18-5-2,19-6-3)13-7-8-15-16-11-9-14-10-12-16/h14-15H,4-13H2,1-3H3. The predicted octanol–water partition coefficient (Wildman–Crippen LogP) is 0.835. The molecular formula is C13H31N3O3Si. The van der Waals surface area contributed by atoms with E-state index in [0.717, 1.165) is 45.2 Å². The molecule has 0 aromatic carbocycles. The number of hydrogen-bond acceptors (Lipinski definition) is 6. The number of hydrogen-bond donors (Lipinski definition) is 2. The molecule has 0 bridgehead atoms. The van der Waals surface area contributed by atoms with E-state index in [1.807, 2.05) is 20.8 Å². The quantitative estimate of drug-likeness (QED) is 0.436. The number of nitrogens with zero attached hydrogens (tertiary/aromatic N) is 1. The van der Waals surface area contributed by atoms with E-state index >= 15 is 0 Å². The van der Waals surface area contributed by atoms with Crippen molar-refractivity contribution in [3.63, 3.8) is 0 Å². The highest BCUT2D eigenvalue weighted by atomic mass is 28.4. The van der Waals surface area contributed by atoms with Crippen molar-refractivity contribution in [2.45, 2.75) is 33.2 Å². The van der Waals surface area contributed by atoms with Gasteiger partial charge in [-0.1, -0.05) is 0 Å². The molecule has 1 aliphatic rings. The van der Waals surface area contributed by atoms with Crippen LogP contribution in [0.15, 0.2) is 0 Å². The molecule has 0 amide bonds. The number of hydrazine groups is 1. The van der Waals surface area contributed by atoms with Gasteiger partial charge in [-0.2, -0.15) is 0 Å². The first kappa shape index (κ1) is 18.0. The zero-order valence-electron chi connectivity index (χ0n) is 13.2. The smallest absolute Gasteiger partial charge is 0.374 e. The van der Waals surface area contributed by atoms with Crippen LogP contribution in [0.4, 0.5) is 0 Å². The molecule has 20 heavy (non-hydrogen) atoms. The Hall–Kier alpha value is -0.0231. The Morgan fingerprint density at radius 3 is 2.05 bits per heavy atom. The topological polar surface area (TPSA) is 55.0 Å². The van der Waals surface area contributed by atoms with E-state index in [0.29, 0.717) is 19.8 Å². The first-order valence-electron chi connectivity index (χ1n) is 7.87. The molecule has 120 valence electrons. The lowest BCUT2D eigenvalue weighted by atomic mass is 10.4. The van der Waals surface area contributed by atoms with Gasteiger partial charge in [-0.15, -0.1) is 0 Å². The maximum atomic E-state index is 5.85. The van der Waals surface area contributed by atoms with Crippen molar-refractivity contribution in [1.29, 1.82) is 0 Å². The maximum absolute atomic E-state index is 5.85. The van der Waals surface area contributed by atoms with Crippen molar-refractivity contribution in [3.8, 4) is 0 Å². The second-order valence-electron chi connectivity index (χ2n) is 4.73. The van der Waals surface area contributed by atoms with E-state index in [4.69, 9.17) is 13.3 Å². The Kier molecular flexibility index (Phi) is 9.62. The lowest BCUT2D eigenvalue weighted by molar-refractivity contribution is 0.0700. The van der Waals surface area contributed by atoms with E-state index in [1.165, 1.54) is 0 Å². The van der Waals surface area contributed by atoms with Gasteiger partial charge in [0.15, 0.2) is 0 Å². The Balaban J connectivity index is 2.28. The molecule has 0 unspecified atom stereocenters. The largest absolute Gasteiger partial charge is 0.500 e. The van der Waals surface area contributed by atoms with Crippen molar-refractivity contribution in [2.24, 2.45) is 0 Å². The van der Waals surface area contributed by atoms with Crippen LogP contribution in [0.1, 0.15) is 27.2 Å². The van der Waals surface area contributed by atoms with Crippen LogP contribution < -0.4 is 10.7 Å². The Morgan fingerprint density at radius 2 is 1.55 bits per heavy atom. The molecule has 6 nitrogen and oxygen atoms in total. The number of rotatable bonds is 11. The van der Waals surface area contributed by atoms with Crippen LogP contribution >= 0.6 is 0 Å². The first-order valence-corrected chi connectivity index (χ1v) is 9.80. The average Bonchev–Trinajstić information content (AvgIpc) is 2.46. The SMILES string of the molecule is CCO[Si](CCCNN1CCNCC1)(OCC)OCC. The Labute approximate surface area is 124 Å². The summed E-state index contributed by atoms with van der Waals surface area (Å²) in [6, 6.07) is 0.877. The van der Waals surface area contributed by atoms with Crippen molar-refractivity contribution in [3.05, 3.63) is 0 Å². The summed E-state index contributed by atoms with van der Waals surface area (Å²) >= 11 is 0. The monoisotopic (exact) mass is 305 g/mol. The highest BCUT2D eigenvalue weighted by Crippen LogP contribution is 2.17. The molecule has 0 spiro atoms. The first-order chi connectivity index (χ1) is 9.76. The molecule has 1 heterocycles. The molecule has 1 aliphatic heterocycles. The van der Waals surface area contributed by atoms with Crippen LogP contribution in [0.5, 0.6) is 0 Å². The third kappa shape index (κ3) is 6.62. The fourth-order valence-electron chi connectivity index (χ4n) is 2.37. The molecule has 0 aliphatic carbocycles. The summed E-state index contributed by atoms with van der Waals surface area (Å²) in [6.07, 6.45) is 1.01. The van der Waals surface area contributed by atoms with Crippen LogP contribution in [-0.2, 0) is 13.3 Å². The van der Waals surface area contributed by atoms with Crippen LogP contribution in [-0.4, -0.2) is 66.4 Å². The highest BCUT2D eigenvalue weighted by Gasteiger charge is 2.39. The maximum Gasteiger partial charge on any atom is 0.500 e. The van der Waals surface area contributed by atoms with Gasteiger partial charge in [0.2, 0.25) is 0 Å². The summed E-state index contributed by atoms with van der Waals surface area (Å²) < 4.78 is 17.5. The summed E-state index contributed by atoms with van der Waals surface area (Å²) in [7, 11) is -2.45. The lowest BCUT2D eigenvalue weighted by Crippen LogP contribution is -2.51. The van der Waals surface area contributed by atoms with Crippen molar-refractivity contribution in [2.75, 3.05) is 52.5 Å².